The molecule has 2 heteroatoms. The van der Waals surface area contributed by atoms with Crippen molar-refractivity contribution in [3.63, 3.8) is 0 Å². The summed E-state index contributed by atoms with van der Waals surface area (Å²) in [6, 6.07) is 0.688. The fourth-order valence-corrected chi connectivity index (χ4v) is 2.58. The van der Waals surface area contributed by atoms with E-state index in [2.05, 4.69) is 37.9 Å². The number of nitrogens with one attached hydrogen (secondary N) is 1. The van der Waals surface area contributed by atoms with E-state index < -0.39 is 0 Å². The molecule has 0 aliphatic carbocycles. The Labute approximate surface area is 108 Å². The molecule has 1 rings (SSSR count). The minimum absolute atomic E-state index is 0.688. The van der Waals surface area contributed by atoms with E-state index in [1.807, 2.05) is 0 Å². The maximum atomic E-state index is 3.74. The van der Waals surface area contributed by atoms with Crippen molar-refractivity contribution < 1.29 is 0 Å². The van der Waals surface area contributed by atoms with Gasteiger partial charge in [-0.2, -0.15) is 0 Å². The van der Waals surface area contributed by atoms with Gasteiger partial charge < -0.3 is 10.2 Å². The highest BCUT2D eigenvalue weighted by Crippen LogP contribution is 2.18. The fraction of sp³-hybridized carbons (Fsp3) is 1.00. The van der Waals surface area contributed by atoms with Crippen molar-refractivity contribution in [1.82, 2.24) is 10.2 Å². The van der Waals surface area contributed by atoms with E-state index in [1.165, 1.54) is 51.9 Å². The van der Waals surface area contributed by atoms with E-state index in [0.29, 0.717) is 6.04 Å². The van der Waals surface area contributed by atoms with Crippen LogP contribution >= 0.6 is 0 Å². The van der Waals surface area contributed by atoms with Crippen LogP contribution in [0.3, 0.4) is 0 Å². The van der Waals surface area contributed by atoms with Crippen LogP contribution in [0, 0.1) is 11.8 Å². The van der Waals surface area contributed by atoms with Gasteiger partial charge in [-0.1, -0.05) is 34.1 Å². The van der Waals surface area contributed by atoms with Crippen LogP contribution in [-0.2, 0) is 0 Å². The Morgan fingerprint density at radius 2 is 1.88 bits per heavy atom. The smallest absolute Gasteiger partial charge is 0.0220 e. The lowest BCUT2D eigenvalue weighted by atomic mass is 9.95. The zero-order valence-corrected chi connectivity index (χ0v) is 12.3. The van der Waals surface area contributed by atoms with E-state index in [9.17, 15) is 0 Å². The number of hydrogen-bond donors (Lipinski definition) is 1. The van der Waals surface area contributed by atoms with Crippen molar-refractivity contribution in [2.45, 2.75) is 59.4 Å². The third kappa shape index (κ3) is 5.39. The minimum Gasteiger partial charge on any atom is -0.312 e. The molecule has 0 aromatic carbocycles. The van der Waals surface area contributed by atoms with Crippen LogP contribution in [-0.4, -0.2) is 37.1 Å². The molecule has 1 N–H and O–H groups in total. The summed E-state index contributed by atoms with van der Waals surface area (Å²) in [6.45, 7) is 14.4. The standard InChI is InChI=1S/C15H32N2/c1-5-9-16-15(14(4)6-2)12-17-10-7-13(3)8-11-17/h13-16H,5-12H2,1-4H3. The Morgan fingerprint density at radius 1 is 1.24 bits per heavy atom. The molecule has 0 aromatic heterocycles. The van der Waals surface area contributed by atoms with Gasteiger partial charge in [0.1, 0.15) is 0 Å². The number of likely N-dealkylation sites (tertiary alicyclic amines) is 1. The Balaban J connectivity index is 2.36. The summed E-state index contributed by atoms with van der Waals surface area (Å²) in [6.07, 6.45) is 5.30. The molecule has 1 heterocycles. The van der Waals surface area contributed by atoms with Crippen molar-refractivity contribution >= 4 is 0 Å². The Morgan fingerprint density at radius 3 is 2.41 bits per heavy atom. The number of rotatable bonds is 7. The zero-order valence-electron chi connectivity index (χ0n) is 12.3. The van der Waals surface area contributed by atoms with Gasteiger partial charge in [0.25, 0.3) is 0 Å². The molecule has 0 bridgehead atoms. The monoisotopic (exact) mass is 240 g/mol. The van der Waals surface area contributed by atoms with Gasteiger partial charge in [-0.25, -0.2) is 0 Å². The Bertz CT molecular complexity index is 185. The van der Waals surface area contributed by atoms with Crippen LogP contribution < -0.4 is 5.32 Å². The second kappa shape index (κ2) is 8.10. The third-order valence-corrected chi connectivity index (χ3v) is 4.32. The van der Waals surface area contributed by atoms with Gasteiger partial charge in [0.15, 0.2) is 0 Å². The first-order chi connectivity index (χ1) is 8.17. The molecule has 2 nitrogen and oxygen atoms in total. The fourth-order valence-electron chi connectivity index (χ4n) is 2.58. The molecule has 0 radical (unpaired) electrons. The molecule has 1 saturated heterocycles. The van der Waals surface area contributed by atoms with Gasteiger partial charge in [0, 0.05) is 12.6 Å². The molecule has 102 valence electrons. The third-order valence-electron chi connectivity index (χ3n) is 4.32. The average Bonchev–Trinajstić information content (AvgIpc) is 2.36. The molecule has 17 heavy (non-hydrogen) atoms. The molecule has 1 fully saturated rings. The highest BCUT2D eigenvalue weighted by atomic mass is 15.2. The van der Waals surface area contributed by atoms with E-state index in [0.717, 1.165) is 11.8 Å². The van der Waals surface area contributed by atoms with E-state index in [1.54, 1.807) is 0 Å². The second-order valence-corrected chi connectivity index (χ2v) is 5.93. The summed E-state index contributed by atoms with van der Waals surface area (Å²) in [7, 11) is 0. The molecule has 2 atom stereocenters. The summed E-state index contributed by atoms with van der Waals surface area (Å²) in [4.78, 5) is 2.67. The first-order valence-electron chi connectivity index (χ1n) is 7.63. The van der Waals surface area contributed by atoms with Gasteiger partial charge in [-0.3, -0.25) is 0 Å². The van der Waals surface area contributed by atoms with Crippen LogP contribution in [0.1, 0.15) is 53.4 Å². The van der Waals surface area contributed by atoms with Gasteiger partial charge >= 0.3 is 0 Å². The largest absolute Gasteiger partial charge is 0.312 e. The first kappa shape index (κ1) is 15.0. The maximum absolute atomic E-state index is 3.74. The number of piperidine rings is 1. The molecule has 0 aromatic rings. The molecule has 0 amide bonds. The molecule has 1 aliphatic heterocycles. The van der Waals surface area contributed by atoms with Gasteiger partial charge in [0.2, 0.25) is 0 Å². The van der Waals surface area contributed by atoms with Crippen molar-refractivity contribution in [2.75, 3.05) is 26.2 Å². The lowest BCUT2D eigenvalue weighted by Crippen LogP contribution is -2.47. The molecule has 0 spiro atoms. The van der Waals surface area contributed by atoms with Crippen LogP contribution in [0.25, 0.3) is 0 Å². The first-order valence-corrected chi connectivity index (χ1v) is 7.63. The van der Waals surface area contributed by atoms with Gasteiger partial charge in [0.05, 0.1) is 0 Å². The molecule has 0 saturated carbocycles. The number of nitrogens with zero attached hydrogens (tertiary/aromatic N) is 1. The average molecular weight is 240 g/mol. The van der Waals surface area contributed by atoms with Crippen LogP contribution in [0.2, 0.25) is 0 Å². The van der Waals surface area contributed by atoms with Crippen LogP contribution in [0.5, 0.6) is 0 Å². The lowest BCUT2D eigenvalue weighted by molar-refractivity contribution is 0.158. The van der Waals surface area contributed by atoms with E-state index in [-0.39, 0.29) is 0 Å². The molecule has 2 unspecified atom stereocenters. The number of hydrogen-bond acceptors (Lipinski definition) is 2. The molecular formula is C15H32N2. The molecular weight excluding hydrogens is 208 g/mol. The predicted molar refractivity (Wildman–Crippen MR) is 76.4 cm³/mol. The van der Waals surface area contributed by atoms with Gasteiger partial charge in [-0.05, 0) is 50.7 Å². The lowest BCUT2D eigenvalue weighted by Gasteiger charge is -2.35. The highest BCUT2D eigenvalue weighted by Gasteiger charge is 2.21. The van der Waals surface area contributed by atoms with Crippen LogP contribution in [0.4, 0.5) is 0 Å². The topological polar surface area (TPSA) is 15.3 Å². The van der Waals surface area contributed by atoms with Gasteiger partial charge in [-0.15, -0.1) is 0 Å². The maximum Gasteiger partial charge on any atom is 0.0220 e. The summed E-state index contributed by atoms with van der Waals surface area (Å²) < 4.78 is 0. The highest BCUT2D eigenvalue weighted by molar-refractivity contribution is 4.79. The summed E-state index contributed by atoms with van der Waals surface area (Å²) in [5.74, 6) is 1.73. The van der Waals surface area contributed by atoms with E-state index in [4.69, 9.17) is 0 Å². The summed E-state index contributed by atoms with van der Waals surface area (Å²) in [5, 5.41) is 3.74. The van der Waals surface area contributed by atoms with Crippen molar-refractivity contribution in [1.29, 1.82) is 0 Å². The van der Waals surface area contributed by atoms with E-state index >= 15 is 0 Å². The van der Waals surface area contributed by atoms with Crippen molar-refractivity contribution in [3.8, 4) is 0 Å². The minimum atomic E-state index is 0.688. The quantitative estimate of drug-likeness (QED) is 0.735. The summed E-state index contributed by atoms with van der Waals surface area (Å²) >= 11 is 0. The predicted octanol–water partition coefficient (Wildman–Crippen LogP) is 3.13. The van der Waals surface area contributed by atoms with Crippen molar-refractivity contribution in [2.24, 2.45) is 11.8 Å². The van der Waals surface area contributed by atoms with Crippen molar-refractivity contribution in [3.05, 3.63) is 0 Å². The molecule has 1 aliphatic rings. The normalized spacial score (nSPS) is 22.6. The Hall–Kier alpha value is -0.0800. The van der Waals surface area contributed by atoms with Crippen LogP contribution in [0.15, 0.2) is 0 Å². The second-order valence-electron chi connectivity index (χ2n) is 5.93. The Kier molecular flexibility index (Phi) is 7.14. The summed E-state index contributed by atoms with van der Waals surface area (Å²) in [5.41, 5.74) is 0. The SMILES string of the molecule is CCCNC(CN1CCC(C)CC1)C(C)CC. The zero-order chi connectivity index (χ0) is 12.7.